The van der Waals surface area contributed by atoms with Gasteiger partial charge in [-0.25, -0.2) is 0 Å². The summed E-state index contributed by atoms with van der Waals surface area (Å²) < 4.78 is 5.21. The summed E-state index contributed by atoms with van der Waals surface area (Å²) in [6, 6.07) is 1.13. The van der Waals surface area contributed by atoms with Crippen LogP contribution in [0.5, 0.6) is 0 Å². The maximum Gasteiger partial charge on any atom is 0.316 e. The van der Waals surface area contributed by atoms with Crippen LogP contribution >= 0.6 is 11.8 Å². The molecule has 0 aromatic carbocycles. The number of aromatic nitrogens is 2. The molecule has 5 heteroatoms. The van der Waals surface area contributed by atoms with Crippen LogP contribution < -0.4 is 5.32 Å². The van der Waals surface area contributed by atoms with Gasteiger partial charge in [0.05, 0.1) is 0 Å². The topological polar surface area (TPSA) is 51.0 Å². The summed E-state index contributed by atoms with van der Waals surface area (Å²) >= 11 is 1.46. The van der Waals surface area contributed by atoms with E-state index in [2.05, 4.69) is 15.5 Å². The number of hydrogen-bond acceptors (Lipinski definition) is 5. The molecule has 0 spiro atoms. The molecule has 0 aliphatic heterocycles. The highest BCUT2D eigenvalue weighted by molar-refractivity contribution is 7.98. The Morgan fingerprint density at radius 2 is 2.36 bits per heavy atom. The average molecular weight is 171 g/mol. The molecule has 1 saturated carbocycles. The van der Waals surface area contributed by atoms with Crippen LogP contribution in [0.4, 0.5) is 6.01 Å². The SMILES string of the molecule is CSc1nnc(NC2CC2)o1. The van der Waals surface area contributed by atoms with Crippen molar-refractivity contribution < 1.29 is 4.42 Å². The lowest BCUT2D eigenvalue weighted by Crippen LogP contribution is -2.00. The lowest BCUT2D eigenvalue weighted by molar-refractivity contribution is 0.465. The van der Waals surface area contributed by atoms with E-state index in [0.717, 1.165) is 0 Å². The predicted molar refractivity (Wildman–Crippen MR) is 42.7 cm³/mol. The van der Waals surface area contributed by atoms with Crippen molar-refractivity contribution in [3.05, 3.63) is 0 Å². The molecule has 2 rings (SSSR count). The standard InChI is InChI=1S/C6H9N3OS/c1-11-6-9-8-5(10-6)7-4-2-3-4/h4H,2-3H2,1H3,(H,7,8). The van der Waals surface area contributed by atoms with Crippen molar-refractivity contribution in [2.24, 2.45) is 0 Å². The van der Waals surface area contributed by atoms with E-state index in [1.165, 1.54) is 24.6 Å². The molecular weight excluding hydrogens is 162 g/mol. The van der Waals surface area contributed by atoms with E-state index >= 15 is 0 Å². The van der Waals surface area contributed by atoms with Gasteiger partial charge in [0.25, 0.3) is 5.22 Å². The molecule has 0 radical (unpaired) electrons. The van der Waals surface area contributed by atoms with Crippen LogP contribution in [0.25, 0.3) is 0 Å². The summed E-state index contributed by atoms with van der Waals surface area (Å²) in [5.41, 5.74) is 0. The maximum absolute atomic E-state index is 5.21. The Kier molecular flexibility index (Phi) is 1.73. The first-order chi connectivity index (χ1) is 5.38. The average Bonchev–Trinajstić information content (AvgIpc) is 2.68. The normalized spacial score (nSPS) is 16.8. The zero-order valence-corrected chi connectivity index (χ0v) is 7.02. The molecule has 4 nitrogen and oxygen atoms in total. The van der Waals surface area contributed by atoms with Gasteiger partial charge >= 0.3 is 6.01 Å². The maximum atomic E-state index is 5.21. The minimum absolute atomic E-state index is 0.553. The van der Waals surface area contributed by atoms with Gasteiger partial charge in [0.1, 0.15) is 0 Å². The van der Waals surface area contributed by atoms with Crippen molar-refractivity contribution in [3.63, 3.8) is 0 Å². The molecule has 1 N–H and O–H groups in total. The van der Waals surface area contributed by atoms with Crippen LogP contribution in [-0.2, 0) is 0 Å². The number of anilines is 1. The number of rotatable bonds is 3. The van der Waals surface area contributed by atoms with Crippen LogP contribution in [-0.4, -0.2) is 22.5 Å². The monoisotopic (exact) mass is 171 g/mol. The third-order valence-electron chi connectivity index (χ3n) is 1.49. The second-order valence-corrected chi connectivity index (χ2v) is 3.25. The molecule has 1 aromatic heterocycles. The zero-order chi connectivity index (χ0) is 7.68. The van der Waals surface area contributed by atoms with E-state index < -0.39 is 0 Å². The molecule has 0 amide bonds. The predicted octanol–water partition coefficient (Wildman–Crippen LogP) is 1.37. The molecule has 0 unspecified atom stereocenters. The minimum atomic E-state index is 0.553. The molecule has 0 saturated heterocycles. The van der Waals surface area contributed by atoms with Crippen molar-refractivity contribution >= 4 is 17.8 Å². The molecule has 1 aliphatic carbocycles. The summed E-state index contributed by atoms with van der Waals surface area (Å²) in [5, 5.41) is 11.4. The van der Waals surface area contributed by atoms with E-state index in [1.54, 1.807) is 0 Å². The van der Waals surface area contributed by atoms with Crippen LogP contribution in [0.15, 0.2) is 9.64 Å². The highest BCUT2D eigenvalue weighted by Crippen LogP contribution is 2.24. The molecular formula is C6H9N3OS. The van der Waals surface area contributed by atoms with E-state index in [1.807, 2.05) is 6.26 Å². The Labute approximate surface area is 68.8 Å². The lowest BCUT2D eigenvalue weighted by Gasteiger charge is -1.92. The first-order valence-corrected chi connectivity index (χ1v) is 4.75. The van der Waals surface area contributed by atoms with Crippen molar-refractivity contribution in [2.75, 3.05) is 11.6 Å². The van der Waals surface area contributed by atoms with Gasteiger partial charge in [0.15, 0.2) is 0 Å². The Morgan fingerprint density at radius 1 is 1.55 bits per heavy atom. The molecule has 60 valence electrons. The van der Waals surface area contributed by atoms with Crippen LogP contribution in [0.3, 0.4) is 0 Å². The van der Waals surface area contributed by atoms with Gasteiger partial charge in [0.2, 0.25) is 0 Å². The second kappa shape index (κ2) is 2.73. The van der Waals surface area contributed by atoms with Gasteiger partial charge in [-0.3, -0.25) is 0 Å². The Balaban J connectivity index is 1.99. The van der Waals surface area contributed by atoms with Crippen molar-refractivity contribution in [1.82, 2.24) is 10.2 Å². The quantitative estimate of drug-likeness (QED) is 0.696. The number of hydrogen-bond donors (Lipinski definition) is 1. The van der Waals surface area contributed by atoms with Gasteiger partial charge in [-0.15, -0.1) is 0 Å². The third-order valence-corrected chi connectivity index (χ3v) is 2.00. The molecule has 1 fully saturated rings. The summed E-state index contributed by atoms with van der Waals surface area (Å²) in [5.74, 6) is 0. The van der Waals surface area contributed by atoms with Crippen molar-refractivity contribution in [2.45, 2.75) is 24.1 Å². The Morgan fingerprint density at radius 3 is 2.91 bits per heavy atom. The molecule has 1 aliphatic rings. The van der Waals surface area contributed by atoms with E-state index in [0.29, 0.717) is 17.3 Å². The molecule has 1 heterocycles. The van der Waals surface area contributed by atoms with E-state index in [4.69, 9.17) is 4.42 Å². The minimum Gasteiger partial charge on any atom is -0.398 e. The van der Waals surface area contributed by atoms with Crippen LogP contribution in [0.2, 0.25) is 0 Å². The number of nitrogens with one attached hydrogen (secondary N) is 1. The third kappa shape index (κ3) is 1.65. The van der Waals surface area contributed by atoms with Gasteiger partial charge in [-0.05, 0) is 19.1 Å². The highest BCUT2D eigenvalue weighted by Gasteiger charge is 2.22. The first kappa shape index (κ1) is 6.97. The summed E-state index contributed by atoms with van der Waals surface area (Å²) in [4.78, 5) is 0. The number of nitrogens with zero attached hydrogens (tertiary/aromatic N) is 2. The van der Waals surface area contributed by atoms with Gasteiger partial charge < -0.3 is 9.73 Å². The molecule has 0 atom stereocenters. The lowest BCUT2D eigenvalue weighted by atomic mass is 10.7. The van der Waals surface area contributed by atoms with Gasteiger partial charge in [-0.2, -0.15) is 0 Å². The molecule has 11 heavy (non-hydrogen) atoms. The Bertz CT molecular complexity index is 246. The highest BCUT2D eigenvalue weighted by atomic mass is 32.2. The Hall–Kier alpha value is -0.710. The van der Waals surface area contributed by atoms with Crippen LogP contribution in [0, 0.1) is 0 Å². The van der Waals surface area contributed by atoms with Gasteiger partial charge in [0, 0.05) is 6.04 Å². The first-order valence-electron chi connectivity index (χ1n) is 3.52. The second-order valence-electron chi connectivity index (χ2n) is 2.50. The summed E-state index contributed by atoms with van der Waals surface area (Å²) in [6.45, 7) is 0. The van der Waals surface area contributed by atoms with Crippen LogP contribution in [0.1, 0.15) is 12.8 Å². The fourth-order valence-corrected chi connectivity index (χ4v) is 1.04. The fourth-order valence-electron chi connectivity index (χ4n) is 0.753. The van der Waals surface area contributed by atoms with Gasteiger partial charge in [-0.1, -0.05) is 22.0 Å². The van der Waals surface area contributed by atoms with Crippen molar-refractivity contribution in [3.8, 4) is 0 Å². The summed E-state index contributed by atoms with van der Waals surface area (Å²) in [6.07, 6.45) is 4.35. The summed E-state index contributed by atoms with van der Waals surface area (Å²) in [7, 11) is 0. The van der Waals surface area contributed by atoms with E-state index in [9.17, 15) is 0 Å². The molecule has 1 aromatic rings. The van der Waals surface area contributed by atoms with Crippen molar-refractivity contribution in [1.29, 1.82) is 0 Å². The zero-order valence-electron chi connectivity index (χ0n) is 6.20. The smallest absolute Gasteiger partial charge is 0.316 e. The van der Waals surface area contributed by atoms with E-state index in [-0.39, 0.29) is 0 Å². The number of thioether (sulfide) groups is 1. The fraction of sp³-hybridized carbons (Fsp3) is 0.667. The molecule has 0 bridgehead atoms. The largest absolute Gasteiger partial charge is 0.398 e.